The van der Waals surface area contributed by atoms with E-state index < -0.39 is 0 Å². The van der Waals surface area contributed by atoms with Crippen LogP contribution in [-0.2, 0) is 0 Å². The van der Waals surface area contributed by atoms with E-state index >= 15 is 0 Å². The minimum Gasteiger partial charge on any atom is -0.311 e. The molecule has 2 heteroatoms. The summed E-state index contributed by atoms with van der Waals surface area (Å²) in [6.45, 7) is 0. The molecule has 13 aromatic carbocycles. The van der Waals surface area contributed by atoms with Gasteiger partial charge in [0.2, 0.25) is 0 Å². The number of anilines is 6. The van der Waals surface area contributed by atoms with Crippen LogP contribution in [0.3, 0.4) is 0 Å². The molecule has 0 aliphatic heterocycles. The second-order valence-electron chi connectivity index (χ2n) is 20.2. The summed E-state index contributed by atoms with van der Waals surface area (Å²) < 4.78 is 0. The second-order valence-corrected chi connectivity index (χ2v) is 20.2. The van der Waals surface area contributed by atoms with Crippen molar-refractivity contribution >= 4 is 34.1 Å². The van der Waals surface area contributed by atoms with E-state index in [-0.39, 0.29) is 0 Å². The molecule has 0 unspecified atom stereocenters. The van der Waals surface area contributed by atoms with Crippen molar-refractivity contribution in [3.8, 4) is 89.0 Å². The summed E-state index contributed by atoms with van der Waals surface area (Å²) in [5, 5.41) is 0. The zero-order valence-electron chi connectivity index (χ0n) is 44.2. The topological polar surface area (TPSA) is 6.48 Å². The van der Waals surface area contributed by atoms with Gasteiger partial charge in [0.25, 0.3) is 0 Å². The van der Waals surface area contributed by atoms with E-state index in [9.17, 15) is 0 Å². The Morgan fingerprint density at radius 1 is 0.113 bits per heavy atom. The van der Waals surface area contributed by atoms with Gasteiger partial charge in [-0.15, -0.1) is 0 Å². The summed E-state index contributed by atoms with van der Waals surface area (Å²) in [7, 11) is 0. The minimum absolute atomic E-state index is 1.07. The zero-order chi connectivity index (χ0) is 53.5. The molecule has 0 aliphatic carbocycles. The van der Waals surface area contributed by atoms with Gasteiger partial charge in [-0.25, -0.2) is 0 Å². The standard InChI is InChI=1S/C78H56N2/c1-6-18-57(19-7-1)62-32-44-76(45-33-62)80(78-55-71(60-24-12-4-13-25-60)54-72(56-78)61-26-14-5-15-27-61)77-46-36-64(37-47-77)63-34-42-73(43-35-63)79(74-48-38-65(39-49-74)69-30-16-28-67(52-69)58-20-8-2-9-21-58)75-50-40-66(41-51-75)70-31-17-29-68(53-70)59-22-10-3-11-23-59/h1-56H. The monoisotopic (exact) mass is 1020 g/mol. The van der Waals surface area contributed by atoms with Crippen LogP contribution in [0.2, 0.25) is 0 Å². The lowest BCUT2D eigenvalue weighted by Gasteiger charge is -2.27. The molecule has 0 amide bonds. The zero-order valence-corrected chi connectivity index (χ0v) is 44.2. The van der Waals surface area contributed by atoms with E-state index in [4.69, 9.17) is 0 Å². The lowest BCUT2D eigenvalue weighted by atomic mass is 9.97. The van der Waals surface area contributed by atoms with E-state index in [0.29, 0.717) is 0 Å². The maximum Gasteiger partial charge on any atom is 0.0473 e. The van der Waals surface area contributed by atoms with Crippen LogP contribution in [-0.4, -0.2) is 0 Å². The first kappa shape index (κ1) is 49.1. The molecule has 0 bridgehead atoms. The number of hydrogen-bond donors (Lipinski definition) is 0. The Bertz CT molecular complexity index is 3960. The van der Waals surface area contributed by atoms with E-state index in [1.54, 1.807) is 0 Å². The largest absolute Gasteiger partial charge is 0.311 e. The molecular formula is C78H56N2. The molecule has 0 radical (unpaired) electrons. The Labute approximate surface area is 470 Å². The van der Waals surface area contributed by atoms with Crippen molar-refractivity contribution in [2.45, 2.75) is 0 Å². The van der Waals surface area contributed by atoms with Crippen molar-refractivity contribution < 1.29 is 0 Å². The second kappa shape index (κ2) is 22.6. The van der Waals surface area contributed by atoms with Crippen LogP contribution in [0.5, 0.6) is 0 Å². The Balaban J connectivity index is 0.846. The van der Waals surface area contributed by atoms with E-state index in [1.165, 1.54) is 66.8 Å². The van der Waals surface area contributed by atoms with Crippen molar-refractivity contribution in [2.75, 3.05) is 9.80 Å². The van der Waals surface area contributed by atoms with Gasteiger partial charge in [-0.3, -0.25) is 0 Å². The molecule has 13 aromatic rings. The van der Waals surface area contributed by atoms with Gasteiger partial charge in [0, 0.05) is 34.1 Å². The van der Waals surface area contributed by atoms with Gasteiger partial charge in [0.05, 0.1) is 0 Å². The smallest absolute Gasteiger partial charge is 0.0473 e. The van der Waals surface area contributed by atoms with Crippen LogP contribution in [0.1, 0.15) is 0 Å². The molecule has 13 rings (SSSR count). The van der Waals surface area contributed by atoms with Gasteiger partial charge in [-0.05, 0) is 180 Å². The minimum atomic E-state index is 1.07. The normalized spacial score (nSPS) is 11.0. The lowest BCUT2D eigenvalue weighted by molar-refractivity contribution is 1.28. The van der Waals surface area contributed by atoms with Gasteiger partial charge in [-0.2, -0.15) is 0 Å². The van der Waals surface area contributed by atoms with E-state index in [2.05, 4.69) is 350 Å². The summed E-state index contributed by atoms with van der Waals surface area (Å²) in [5.74, 6) is 0. The Hall–Kier alpha value is -10.5. The predicted octanol–water partition coefficient (Wildman–Crippen LogP) is 22.0. The SMILES string of the molecule is c1ccc(-c2ccc(N(c3ccc(-c4ccc(N(c5ccc(-c6cccc(-c7ccccc7)c6)cc5)c5ccc(-c6cccc(-c7ccccc7)c6)cc5)cc4)cc3)c3cc(-c4ccccc4)cc(-c4ccccc4)c3)cc2)cc1. The third-order valence-electron chi connectivity index (χ3n) is 15.1. The fourth-order valence-corrected chi connectivity index (χ4v) is 10.9. The molecule has 0 heterocycles. The Morgan fingerprint density at radius 2 is 0.287 bits per heavy atom. The van der Waals surface area contributed by atoms with Gasteiger partial charge in [0.15, 0.2) is 0 Å². The van der Waals surface area contributed by atoms with Crippen LogP contribution in [0, 0.1) is 0 Å². The third-order valence-corrected chi connectivity index (χ3v) is 15.1. The first-order valence-electron chi connectivity index (χ1n) is 27.4. The first-order chi connectivity index (χ1) is 39.6. The van der Waals surface area contributed by atoms with Crippen LogP contribution < -0.4 is 9.80 Å². The first-order valence-corrected chi connectivity index (χ1v) is 27.4. The Kier molecular flexibility index (Phi) is 13.8. The highest BCUT2D eigenvalue weighted by atomic mass is 15.1. The number of benzene rings is 13. The van der Waals surface area contributed by atoms with Crippen LogP contribution in [0.4, 0.5) is 34.1 Å². The lowest BCUT2D eigenvalue weighted by Crippen LogP contribution is -2.10. The number of hydrogen-bond acceptors (Lipinski definition) is 2. The van der Waals surface area contributed by atoms with Gasteiger partial charge >= 0.3 is 0 Å². The van der Waals surface area contributed by atoms with Crippen molar-refractivity contribution in [1.82, 2.24) is 0 Å². The summed E-state index contributed by atoms with van der Waals surface area (Å²) in [4.78, 5) is 4.74. The van der Waals surface area contributed by atoms with Crippen molar-refractivity contribution in [2.24, 2.45) is 0 Å². The molecular weight excluding hydrogens is 965 g/mol. The molecule has 0 aliphatic rings. The highest BCUT2D eigenvalue weighted by molar-refractivity contribution is 5.87. The predicted molar refractivity (Wildman–Crippen MR) is 339 cm³/mol. The van der Waals surface area contributed by atoms with Gasteiger partial charge < -0.3 is 9.80 Å². The average Bonchev–Trinajstić information content (AvgIpc) is 3.56. The molecule has 0 spiro atoms. The molecule has 0 saturated carbocycles. The Morgan fingerprint density at radius 3 is 0.550 bits per heavy atom. The highest BCUT2D eigenvalue weighted by Crippen LogP contribution is 2.43. The molecule has 0 N–H and O–H groups in total. The van der Waals surface area contributed by atoms with Gasteiger partial charge in [-0.1, -0.05) is 249 Å². The summed E-state index contributed by atoms with van der Waals surface area (Å²) in [6.07, 6.45) is 0. The molecule has 0 fully saturated rings. The summed E-state index contributed by atoms with van der Waals surface area (Å²) in [5.41, 5.74) is 25.3. The third kappa shape index (κ3) is 10.6. The van der Waals surface area contributed by atoms with Gasteiger partial charge in [0.1, 0.15) is 0 Å². The van der Waals surface area contributed by atoms with Crippen LogP contribution in [0.15, 0.2) is 340 Å². The molecule has 80 heavy (non-hydrogen) atoms. The molecule has 0 saturated heterocycles. The summed E-state index contributed by atoms with van der Waals surface area (Å²) in [6, 6.07) is 123. The molecule has 378 valence electrons. The van der Waals surface area contributed by atoms with Crippen LogP contribution in [0.25, 0.3) is 89.0 Å². The quantitative estimate of drug-likeness (QED) is 0.107. The highest BCUT2D eigenvalue weighted by Gasteiger charge is 2.18. The van der Waals surface area contributed by atoms with Crippen molar-refractivity contribution in [1.29, 1.82) is 0 Å². The molecule has 0 atom stereocenters. The van der Waals surface area contributed by atoms with Crippen LogP contribution >= 0.6 is 0 Å². The maximum absolute atomic E-state index is 2.38. The van der Waals surface area contributed by atoms with E-state index in [0.717, 1.165) is 56.4 Å². The van der Waals surface area contributed by atoms with E-state index in [1.807, 2.05) is 0 Å². The maximum atomic E-state index is 2.38. The fourth-order valence-electron chi connectivity index (χ4n) is 10.9. The molecule has 0 aromatic heterocycles. The van der Waals surface area contributed by atoms with Crippen molar-refractivity contribution in [3.63, 3.8) is 0 Å². The fraction of sp³-hybridized carbons (Fsp3) is 0. The number of nitrogens with zero attached hydrogens (tertiary/aromatic N) is 2. The summed E-state index contributed by atoms with van der Waals surface area (Å²) >= 11 is 0. The number of rotatable bonds is 14. The average molecular weight is 1020 g/mol. The molecule has 2 nitrogen and oxygen atoms in total. The van der Waals surface area contributed by atoms with Crippen molar-refractivity contribution in [3.05, 3.63) is 340 Å².